The van der Waals surface area contributed by atoms with Crippen molar-refractivity contribution >= 4 is 23.4 Å². The molecule has 0 bridgehead atoms. The molecular weight excluding hydrogens is 314 g/mol. The fourth-order valence-corrected chi connectivity index (χ4v) is 3.76. The number of thioether (sulfide) groups is 1. The predicted molar refractivity (Wildman–Crippen MR) is 92.6 cm³/mol. The minimum Gasteiger partial charge on any atom is -0.334 e. The number of aromatic nitrogens is 2. The maximum atomic E-state index is 5.90. The van der Waals surface area contributed by atoms with Crippen LogP contribution in [0.3, 0.4) is 0 Å². The number of piperidine rings is 1. The summed E-state index contributed by atoms with van der Waals surface area (Å²) in [5, 5.41) is 10.4. The molecule has 3 rings (SSSR count). The molecule has 0 aliphatic carbocycles. The molecule has 116 valence electrons. The summed E-state index contributed by atoms with van der Waals surface area (Å²) in [6.45, 7) is 3.90. The van der Waals surface area contributed by atoms with Crippen molar-refractivity contribution in [1.29, 1.82) is 0 Å². The highest BCUT2D eigenvalue weighted by molar-refractivity contribution is 7.99. The normalized spacial score (nSPS) is 15.9. The van der Waals surface area contributed by atoms with Crippen LogP contribution in [0.5, 0.6) is 0 Å². The Kier molecular flexibility index (Phi) is 5.70. The lowest BCUT2D eigenvalue weighted by atomic mass is 10.1. The van der Waals surface area contributed by atoms with Crippen LogP contribution in [0.4, 0.5) is 0 Å². The van der Waals surface area contributed by atoms with E-state index in [4.69, 9.17) is 11.6 Å². The molecule has 0 radical (unpaired) electrons. The van der Waals surface area contributed by atoms with Gasteiger partial charge in [-0.1, -0.05) is 35.5 Å². The van der Waals surface area contributed by atoms with Gasteiger partial charge in [-0.2, -0.15) is 0 Å². The lowest BCUT2D eigenvalue weighted by Gasteiger charge is -2.23. The summed E-state index contributed by atoms with van der Waals surface area (Å²) in [6, 6.07) is 11.8. The van der Waals surface area contributed by atoms with Crippen molar-refractivity contribution in [3.8, 4) is 11.3 Å². The average molecular weight is 335 g/mol. The summed E-state index contributed by atoms with van der Waals surface area (Å²) in [7, 11) is 0. The number of nitrogens with zero attached hydrogens (tertiary/aromatic N) is 2. The molecule has 1 aromatic carbocycles. The number of likely N-dealkylation sites (tertiary alicyclic amines) is 1. The molecule has 1 N–H and O–H groups in total. The van der Waals surface area contributed by atoms with Crippen LogP contribution in [-0.2, 0) is 0 Å². The Labute approximate surface area is 141 Å². The van der Waals surface area contributed by atoms with E-state index in [9.17, 15) is 0 Å². The molecule has 1 aliphatic heterocycles. The molecule has 5 heteroatoms. The number of halogens is 1. The fraction of sp³-hybridized carbons (Fsp3) is 0.412. The van der Waals surface area contributed by atoms with Gasteiger partial charge in [-0.3, -0.25) is 0 Å². The molecule has 2 aromatic rings. The Hall–Kier alpha value is -1.10. The van der Waals surface area contributed by atoms with Crippen molar-refractivity contribution in [3.05, 3.63) is 41.4 Å². The van der Waals surface area contributed by atoms with Gasteiger partial charge < -0.3 is 4.90 Å². The third-order valence-corrected chi connectivity index (χ3v) is 5.22. The molecule has 22 heavy (non-hydrogen) atoms. The molecule has 3 nitrogen and oxygen atoms in total. The lowest BCUT2D eigenvalue weighted by Crippen LogP contribution is -3.13. The van der Waals surface area contributed by atoms with Gasteiger partial charge in [0.2, 0.25) is 0 Å². The van der Waals surface area contributed by atoms with E-state index >= 15 is 0 Å². The molecule has 0 atom stereocenters. The zero-order valence-corrected chi connectivity index (χ0v) is 14.2. The molecule has 1 aliphatic rings. The molecule has 2 heterocycles. The standard InChI is InChI=1S/C17H20ClN3S/c18-15-6-4-14(5-7-15)16-8-9-17(20-19-16)22-13-12-21-10-2-1-3-11-21/h4-9H,1-3,10-13H2/p+1. The highest BCUT2D eigenvalue weighted by Gasteiger charge is 2.13. The van der Waals surface area contributed by atoms with Gasteiger partial charge in [0.1, 0.15) is 5.03 Å². The number of hydrogen-bond donors (Lipinski definition) is 1. The van der Waals surface area contributed by atoms with E-state index < -0.39 is 0 Å². The van der Waals surface area contributed by atoms with Gasteiger partial charge in [0.25, 0.3) is 0 Å². The van der Waals surface area contributed by atoms with E-state index in [2.05, 4.69) is 16.3 Å². The van der Waals surface area contributed by atoms with Gasteiger partial charge >= 0.3 is 0 Å². The average Bonchev–Trinajstić information content (AvgIpc) is 2.57. The van der Waals surface area contributed by atoms with Crippen LogP contribution in [0, 0.1) is 0 Å². The zero-order chi connectivity index (χ0) is 15.2. The quantitative estimate of drug-likeness (QED) is 0.853. The fourth-order valence-electron chi connectivity index (χ4n) is 2.77. The first-order chi connectivity index (χ1) is 10.8. The van der Waals surface area contributed by atoms with Crippen molar-refractivity contribution in [1.82, 2.24) is 10.2 Å². The summed E-state index contributed by atoms with van der Waals surface area (Å²) < 4.78 is 0. The SMILES string of the molecule is Clc1ccc(-c2ccc(SCC[NH+]3CCCCC3)nn2)cc1. The van der Waals surface area contributed by atoms with Gasteiger partial charge in [-0.25, -0.2) is 0 Å². The van der Waals surface area contributed by atoms with Crippen LogP contribution in [0.1, 0.15) is 19.3 Å². The summed E-state index contributed by atoms with van der Waals surface area (Å²) in [4.78, 5) is 1.74. The topological polar surface area (TPSA) is 30.2 Å². The van der Waals surface area contributed by atoms with Gasteiger partial charge in [-0.05, 0) is 43.5 Å². The Balaban J connectivity index is 1.51. The summed E-state index contributed by atoms with van der Waals surface area (Å²) >= 11 is 7.71. The predicted octanol–water partition coefficient (Wildman–Crippen LogP) is 2.96. The number of benzene rings is 1. The van der Waals surface area contributed by atoms with E-state index in [1.807, 2.05) is 30.3 Å². The van der Waals surface area contributed by atoms with Gasteiger partial charge in [0.15, 0.2) is 0 Å². The number of nitrogens with one attached hydrogen (secondary N) is 1. The van der Waals surface area contributed by atoms with Gasteiger partial charge in [0, 0.05) is 16.3 Å². The van der Waals surface area contributed by atoms with Crippen molar-refractivity contribution in [2.24, 2.45) is 0 Å². The van der Waals surface area contributed by atoms with Crippen molar-refractivity contribution in [3.63, 3.8) is 0 Å². The van der Waals surface area contributed by atoms with Gasteiger partial charge in [0.05, 0.1) is 25.3 Å². The van der Waals surface area contributed by atoms with Crippen LogP contribution in [0.25, 0.3) is 11.3 Å². The Morgan fingerprint density at radius 1 is 0.955 bits per heavy atom. The second-order valence-corrected chi connectivity index (χ2v) is 7.22. The van der Waals surface area contributed by atoms with Crippen molar-refractivity contribution in [2.75, 3.05) is 25.4 Å². The van der Waals surface area contributed by atoms with E-state index in [0.29, 0.717) is 0 Å². The number of rotatable bonds is 5. The maximum Gasteiger partial charge on any atom is 0.119 e. The molecule has 0 saturated carbocycles. The monoisotopic (exact) mass is 334 g/mol. The van der Waals surface area contributed by atoms with E-state index in [-0.39, 0.29) is 0 Å². The second kappa shape index (κ2) is 7.95. The van der Waals surface area contributed by atoms with Crippen molar-refractivity contribution < 1.29 is 4.90 Å². The van der Waals surface area contributed by atoms with Crippen LogP contribution in [-0.4, -0.2) is 35.6 Å². The third-order valence-electron chi connectivity index (χ3n) is 4.05. The van der Waals surface area contributed by atoms with Crippen LogP contribution >= 0.6 is 23.4 Å². The van der Waals surface area contributed by atoms with Gasteiger partial charge in [-0.15, -0.1) is 10.2 Å². The highest BCUT2D eigenvalue weighted by Crippen LogP contribution is 2.21. The summed E-state index contributed by atoms with van der Waals surface area (Å²) in [5.74, 6) is 1.12. The van der Waals surface area contributed by atoms with Crippen LogP contribution in [0.2, 0.25) is 5.02 Å². The van der Waals surface area contributed by atoms with Crippen molar-refractivity contribution in [2.45, 2.75) is 24.3 Å². The maximum absolute atomic E-state index is 5.90. The molecular formula is C17H21ClN3S+. The molecule has 1 fully saturated rings. The van der Waals surface area contributed by atoms with Crippen LogP contribution in [0.15, 0.2) is 41.4 Å². The lowest BCUT2D eigenvalue weighted by molar-refractivity contribution is -0.902. The van der Waals surface area contributed by atoms with Crippen LogP contribution < -0.4 is 4.90 Å². The first-order valence-electron chi connectivity index (χ1n) is 7.87. The zero-order valence-electron chi connectivity index (χ0n) is 12.6. The number of hydrogen-bond acceptors (Lipinski definition) is 3. The Bertz CT molecular complexity index is 580. The largest absolute Gasteiger partial charge is 0.334 e. The summed E-state index contributed by atoms with van der Waals surface area (Å²) in [5.41, 5.74) is 1.94. The molecule has 0 amide bonds. The minimum atomic E-state index is 0.740. The Morgan fingerprint density at radius 3 is 2.41 bits per heavy atom. The second-order valence-electron chi connectivity index (χ2n) is 5.67. The smallest absolute Gasteiger partial charge is 0.119 e. The molecule has 0 spiro atoms. The number of quaternary nitrogens is 1. The summed E-state index contributed by atoms with van der Waals surface area (Å²) in [6.07, 6.45) is 4.18. The Morgan fingerprint density at radius 2 is 1.73 bits per heavy atom. The van der Waals surface area contributed by atoms with E-state index in [1.165, 1.54) is 38.9 Å². The highest BCUT2D eigenvalue weighted by atomic mass is 35.5. The van der Waals surface area contributed by atoms with E-state index in [0.717, 1.165) is 27.1 Å². The van der Waals surface area contributed by atoms with E-state index in [1.54, 1.807) is 16.7 Å². The molecule has 1 saturated heterocycles. The minimum absolute atomic E-state index is 0.740. The first kappa shape index (κ1) is 15.8. The molecule has 1 aromatic heterocycles. The first-order valence-corrected chi connectivity index (χ1v) is 9.24. The third kappa shape index (κ3) is 4.45. The molecule has 0 unspecified atom stereocenters.